The summed E-state index contributed by atoms with van der Waals surface area (Å²) in [5.74, 6) is 0.354. The predicted octanol–water partition coefficient (Wildman–Crippen LogP) is 3.13. The molecule has 0 saturated carbocycles. The van der Waals surface area contributed by atoms with Crippen molar-refractivity contribution in [1.82, 2.24) is 5.32 Å². The standard InChI is InChI=1S/C20H22N2O4/c1-13-5-8-16(9-6-13)22-20(24)17(21-14(2)23)11-15-7-10-18(25-3)19(12-15)26-4/h5-12H,1-4H3,(H,21,23)(H,22,24)/b17-11+. The number of aryl methyl sites for hydroxylation is 1. The minimum atomic E-state index is -0.418. The topological polar surface area (TPSA) is 76.7 Å². The van der Waals surface area contributed by atoms with Crippen LogP contribution in [0.4, 0.5) is 5.69 Å². The number of carbonyl (C=O) groups excluding carboxylic acids is 2. The van der Waals surface area contributed by atoms with Crippen molar-refractivity contribution in [3.8, 4) is 11.5 Å². The Bertz CT molecular complexity index is 826. The summed E-state index contributed by atoms with van der Waals surface area (Å²) in [6.07, 6.45) is 1.58. The van der Waals surface area contributed by atoms with Gasteiger partial charge in [0.25, 0.3) is 5.91 Å². The van der Waals surface area contributed by atoms with Gasteiger partial charge in [0.15, 0.2) is 11.5 Å². The molecule has 0 aliphatic heterocycles. The summed E-state index contributed by atoms with van der Waals surface area (Å²) in [6.45, 7) is 3.31. The van der Waals surface area contributed by atoms with Crippen molar-refractivity contribution in [2.75, 3.05) is 19.5 Å². The zero-order valence-electron chi connectivity index (χ0n) is 15.3. The molecule has 26 heavy (non-hydrogen) atoms. The summed E-state index contributed by atoms with van der Waals surface area (Å²) in [6, 6.07) is 12.6. The maximum Gasteiger partial charge on any atom is 0.272 e. The van der Waals surface area contributed by atoms with Gasteiger partial charge in [0.2, 0.25) is 5.91 Å². The number of amides is 2. The van der Waals surface area contributed by atoms with E-state index in [-0.39, 0.29) is 11.6 Å². The highest BCUT2D eigenvalue weighted by molar-refractivity contribution is 6.08. The highest BCUT2D eigenvalue weighted by atomic mass is 16.5. The number of rotatable bonds is 6. The second kappa shape index (κ2) is 8.71. The number of hydrogen-bond acceptors (Lipinski definition) is 4. The number of carbonyl (C=O) groups is 2. The molecular formula is C20H22N2O4. The van der Waals surface area contributed by atoms with Crippen LogP contribution in [0.15, 0.2) is 48.2 Å². The average Bonchev–Trinajstić information content (AvgIpc) is 2.62. The predicted molar refractivity (Wildman–Crippen MR) is 101 cm³/mol. The first kappa shape index (κ1) is 19.1. The monoisotopic (exact) mass is 354 g/mol. The lowest BCUT2D eigenvalue weighted by atomic mass is 10.1. The van der Waals surface area contributed by atoms with Crippen molar-refractivity contribution in [3.63, 3.8) is 0 Å². The highest BCUT2D eigenvalue weighted by Crippen LogP contribution is 2.28. The minimum Gasteiger partial charge on any atom is -0.493 e. The number of ether oxygens (including phenoxy) is 2. The summed E-state index contributed by atoms with van der Waals surface area (Å²) in [5, 5.41) is 5.33. The third kappa shape index (κ3) is 5.11. The van der Waals surface area contributed by atoms with Gasteiger partial charge in [-0.05, 0) is 42.8 Å². The fraction of sp³-hybridized carbons (Fsp3) is 0.200. The number of nitrogens with one attached hydrogen (secondary N) is 2. The fourth-order valence-electron chi connectivity index (χ4n) is 2.29. The Morgan fingerprint density at radius 2 is 1.62 bits per heavy atom. The van der Waals surface area contributed by atoms with Crippen LogP contribution in [0.25, 0.3) is 6.08 Å². The number of methoxy groups -OCH3 is 2. The van der Waals surface area contributed by atoms with Gasteiger partial charge in [0.05, 0.1) is 14.2 Å². The van der Waals surface area contributed by atoms with Crippen LogP contribution in [0, 0.1) is 6.92 Å². The van der Waals surface area contributed by atoms with Gasteiger partial charge in [-0.3, -0.25) is 9.59 Å². The van der Waals surface area contributed by atoms with Crippen LogP contribution in [-0.4, -0.2) is 26.0 Å². The Hall–Kier alpha value is -3.28. The number of hydrogen-bond donors (Lipinski definition) is 2. The van der Waals surface area contributed by atoms with Gasteiger partial charge in [-0.15, -0.1) is 0 Å². The lowest BCUT2D eigenvalue weighted by Gasteiger charge is -2.11. The molecule has 0 radical (unpaired) electrons. The van der Waals surface area contributed by atoms with Crippen LogP contribution in [0.5, 0.6) is 11.5 Å². The second-order valence-electron chi connectivity index (χ2n) is 5.67. The maximum absolute atomic E-state index is 12.6. The summed E-state index contributed by atoms with van der Waals surface area (Å²) in [7, 11) is 3.08. The molecule has 0 aliphatic rings. The largest absolute Gasteiger partial charge is 0.493 e. The van der Waals surface area contributed by atoms with Crippen LogP contribution in [0.1, 0.15) is 18.1 Å². The molecule has 2 aromatic rings. The normalized spacial score (nSPS) is 10.8. The van der Waals surface area contributed by atoms with Crippen molar-refractivity contribution in [3.05, 3.63) is 59.3 Å². The van der Waals surface area contributed by atoms with E-state index in [9.17, 15) is 9.59 Å². The van der Waals surface area contributed by atoms with Gasteiger partial charge in [-0.2, -0.15) is 0 Å². The van der Waals surface area contributed by atoms with E-state index in [2.05, 4.69) is 10.6 Å². The minimum absolute atomic E-state index is 0.130. The molecule has 0 spiro atoms. The molecule has 2 N–H and O–H groups in total. The molecule has 0 heterocycles. The molecule has 2 amide bonds. The molecule has 0 saturated heterocycles. The zero-order valence-corrected chi connectivity index (χ0v) is 15.3. The van der Waals surface area contributed by atoms with Crippen molar-refractivity contribution in [2.45, 2.75) is 13.8 Å². The van der Waals surface area contributed by atoms with Crippen molar-refractivity contribution in [1.29, 1.82) is 0 Å². The van der Waals surface area contributed by atoms with Gasteiger partial charge in [0.1, 0.15) is 5.70 Å². The van der Waals surface area contributed by atoms with E-state index in [4.69, 9.17) is 9.47 Å². The molecular weight excluding hydrogens is 332 g/mol. The van der Waals surface area contributed by atoms with Gasteiger partial charge in [-0.25, -0.2) is 0 Å². The fourth-order valence-corrected chi connectivity index (χ4v) is 2.29. The first-order valence-corrected chi connectivity index (χ1v) is 8.02. The van der Waals surface area contributed by atoms with Crippen LogP contribution in [-0.2, 0) is 9.59 Å². The second-order valence-corrected chi connectivity index (χ2v) is 5.67. The Morgan fingerprint density at radius 1 is 0.962 bits per heavy atom. The maximum atomic E-state index is 12.6. The number of anilines is 1. The van der Waals surface area contributed by atoms with Crippen LogP contribution in [0.2, 0.25) is 0 Å². The van der Waals surface area contributed by atoms with Crippen LogP contribution in [0.3, 0.4) is 0 Å². The van der Waals surface area contributed by atoms with E-state index >= 15 is 0 Å². The summed E-state index contributed by atoms with van der Waals surface area (Å²) in [4.78, 5) is 24.1. The number of benzene rings is 2. The van der Waals surface area contributed by atoms with E-state index < -0.39 is 5.91 Å². The van der Waals surface area contributed by atoms with Gasteiger partial charge in [0, 0.05) is 12.6 Å². The van der Waals surface area contributed by atoms with Crippen molar-refractivity contribution < 1.29 is 19.1 Å². The lowest BCUT2D eigenvalue weighted by molar-refractivity contribution is -0.120. The molecule has 0 bridgehead atoms. The molecule has 0 unspecified atom stereocenters. The van der Waals surface area contributed by atoms with Crippen molar-refractivity contribution >= 4 is 23.6 Å². The molecule has 0 aromatic heterocycles. The van der Waals surface area contributed by atoms with E-state index in [0.717, 1.165) is 5.56 Å². The van der Waals surface area contributed by atoms with Gasteiger partial charge in [-0.1, -0.05) is 23.8 Å². The quantitative estimate of drug-likeness (QED) is 0.782. The average molecular weight is 354 g/mol. The van der Waals surface area contributed by atoms with E-state index in [1.165, 1.54) is 14.0 Å². The Balaban J connectivity index is 2.30. The van der Waals surface area contributed by atoms with Crippen molar-refractivity contribution in [2.24, 2.45) is 0 Å². The SMILES string of the molecule is COc1ccc(/C=C(/NC(C)=O)C(=O)Nc2ccc(C)cc2)cc1OC. The molecule has 0 fully saturated rings. The van der Waals surface area contributed by atoms with E-state index in [1.54, 1.807) is 43.5 Å². The third-order valence-corrected chi connectivity index (χ3v) is 3.58. The highest BCUT2D eigenvalue weighted by Gasteiger charge is 2.13. The summed E-state index contributed by atoms with van der Waals surface area (Å²) in [5.41, 5.74) is 2.55. The van der Waals surface area contributed by atoms with E-state index in [1.807, 2.05) is 19.1 Å². The van der Waals surface area contributed by atoms with Gasteiger partial charge < -0.3 is 20.1 Å². The molecule has 6 heteroatoms. The Labute approximate surface area is 152 Å². The Kier molecular flexibility index (Phi) is 6.38. The first-order valence-electron chi connectivity index (χ1n) is 8.02. The summed E-state index contributed by atoms with van der Waals surface area (Å²) < 4.78 is 10.5. The molecule has 2 aromatic carbocycles. The smallest absolute Gasteiger partial charge is 0.272 e. The summed E-state index contributed by atoms with van der Waals surface area (Å²) >= 11 is 0. The van der Waals surface area contributed by atoms with Gasteiger partial charge >= 0.3 is 0 Å². The third-order valence-electron chi connectivity index (χ3n) is 3.58. The Morgan fingerprint density at radius 3 is 2.19 bits per heavy atom. The molecule has 0 atom stereocenters. The molecule has 6 nitrogen and oxygen atoms in total. The molecule has 2 rings (SSSR count). The van der Waals surface area contributed by atoms with E-state index in [0.29, 0.717) is 22.7 Å². The molecule has 136 valence electrons. The molecule has 0 aliphatic carbocycles. The first-order chi connectivity index (χ1) is 12.4. The lowest BCUT2D eigenvalue weighted by Crippen LogP contribution is -2.28. The van der Waals surface area contributed by atoms with Crippen LogP contribution >= 0.6 is 0 Å². The van der Waals surface area contributed by atoms with Crippen LogP contribution < -0.4 is 20.1 Å². The zero-order chi connectivity index (χ0) is 19.1.